The van der Waals surface area contributed by atoms with Gasteiger partial charge in [0.15, 0.2) is 0 Å². The molecule has 1 amide bonds. The predicted octanol–water partition coefficient (Wildman–Crippen LogP) is 3.12. The molecule has 1 aromatic carbocycles. The van der Waals surface area contributed by atoms with Gasteiger partial charge in [-0.1, -0.05) is 18.6 Å². The lowest BCUT2D eigenvalue weighted by Gasteiger charge is -2.19. The zero-order valence-corrected chi connectivity index (χ0v) is 13.5. The number of rotatable bonds is 4. The van der Waals surface area contributed by atoms with E-state index in [9.17, 15) is 9.59 Å². The first-order valence-electron chi connectivity index (χ1n) is 7.84. The topological polar surface area (TPSA) is 57.6 Å². The highest BCUT2D eigenvalue weighted by molar-refractivity contribution is 8.00. The zero-order valence-electron chi connectivity index (χ0n) is 12.7. The Balaban J connectivity index is 1.76. The average molecular weight is 319 g/mol. The number of benzene rings is 1. The summed E-state index contributed by atoms with van der Waals surface area (Å²) in [6, 6.07) is 7.35. The van der Waals surface area contributed by atoms with Crippen LogP contribution in [-0.4, -0.2) is 40.2 Å². The van der Waals surface area contributed by atoms with Crippen LogP contribution in [0.3, 0.4) is 0 Å². The second kappa shape index (κ2) is 6.32. The van der Waals surface area contributed by atoms with Gasteiger partial charge >= 0.3 is 5.97 Å². The van der Waals surface area contributed by atoms with Gasteiger partial charge in [0.05, 0.1) is 5.56 Å². The van der Waals surface area contributed by atoms with E-state index < -0.39 is 11.2 Å². The summed E-state index contributed by atoms with van der Waals surface area (Å²) in [6.07, 6.45) is 3.77. The predicted molar refractivity (Wildman–Crippen MR) is 86.1 cm³/mol. The van der Waals surface area contributed by atoms with Gasteiger partial charge in [0.1, 0.15) is 5.25 Å². The van der Waals surface area contributed by atoms with Crippen LogP contribution >= 0.6 is 11.8 Å². The average Bonchev–Trinajstić information content (AvgIpc) is 3.08. The molecule has 1 aromatic rings. The van der Waals surface area contributed by atoms with Crippen LogP contribution in [0, 0.1) is 11.8 Å². The fourth-order valence-electron chi connectivity index (χ4n) is 3.56. The monoisotopic (exact) mass is 319 g/mol. The Kier molecular flexibility index (Phi) is 4.43. The minimum atomic E-state index is -0.858. The summed E-state index contributed by atoms with van der Waals surface area (Å²) in [6.45, 7) is 3.36. The number of carboxylic acid groups (broad SMARTS) is 1. The third-order valence-corrected chi connectivity index (χ3v) is 5.95. The lowest BCUT2D eigenvalue weighted by Crippen LogP contribution is -2.30. The number of hydrogen-bond acceptors (Lipinski definition) is 3. The van der Waals surface area contributed by atoms with Crippen LogP contribution in [0.15, 0.2) is 29.2 Å². The van der Waals surface area contributed by atoms with E-state index in [1.807, 2.05) is 29.2 Å². The normalized spacial score (nSPS) is 25.0. The van der Waals surface area contributed by atoms with Crippen molar-refractivity contribution in [3.8, 4) is 0 Å². The zero-order chi connectivity index (χ0) is 15.7. The molecule has 2 fully saturated rings. The Bertz CT molecular complexity index is 577. The van der Waals surface area contributed by atoms with Crippen LogP contribution in [0.5, 0.6) is 0 Å². The van der Waals surface area contributed by atoms with Gasteiger partial charge in [0.2, 0.25) is 0 Å². The van der Waals surface area contributed by atoms with Gasteiger partial charge < -0.3 is 10.0 Å². The molecule has 2 aliphatic rings. The first-order chi connectivity index (χ1) is 10.6. The molecular formula is C17H21NO3S. The van der Waals surface area contributed by atoms with Gasteiger partial charge in [-0.05, 0) is 43.7 Å². The maximum absolute atomic E-state index is 12.8. The maximum Gasteiger partial charge on any atom is 0.316 e. The van der Waals surface area contributed by atoms with Crippen molar-refractivity contribution >= 4 is 23.6 Å². The Morgan fingerprint density at radius 1 is 1.23 bits per heavy atom. The molecule has 3 unspecified atom stereocenters. The number of amides is 1. The number of hydrogen-bond donors (Lipinski definition) is 1. The molecule has 0 aromatic heterocycles. The Morgan fingerprint density at radius 3 is 2.50 bits per heavy atom. The molecular weight excluding hydrogens is 298 g/mol. The van der Waals surface area contributed by atoms with E-state index in [-0.39, 0.29) is 5.91 Å². The van der Waals surface area contributed by atoms with Crippen molar-refractivity contribution in [2.24, 2.45) is 11.8 Å². The quantitative estimate of drug-likeness (QED) is 0.866. The van der Waals surface area contributed by atoms with Gasteiger partial charge in [0.25, 0.3) is 5.91 Å². The number of likely N-dealkylation sites (tertiary alicyclic amines) is 1. The summed E-state index contributed by atoms with van der Waals surface area (Å²) in [5.74, 6) is 0.529. The minimum absolute atomic E-state index is 0.0510. The van der Waals surface area contributed by atoms with E-state index in [4.69, 9.17) is 5.11 Å². The highest BCUT2D eigenvalue weighted by Gasteiger charge is 2.38. The number of carbonyl (C=O) groups is 2. The molecule has 0 bridgehead atoms. The Labute approximate surface area is 134 Å². The van der Waals surface area contributed by atoms with E-state index in [0.29, 0.717) is 17.4 Å². The summed E-state index contributed by atoms with van der Waals surface area (Å²) >= 11 is 1.24. The van der Waals surface area contributed by atoms with Crippen LogP contribution in [0.4, 0.5) is 0 Å². The molecule has 3 atom stereocenters. The third-order valence-electron chi connectivity index (χ3n) is 4.78. The van der Waals surface area contributed by atoms with Crippen LogP contribution in [-0.2, 0) is 4.79 Å². The van der Waals surface area contributed by atoms with E-state index >= 15 is 0 Å². The fraction of sp³-hybridized carbons (Fsp3) is 0.529. The SMILES string of the molecule is CC(Sc1ccccc1C(=O)N1CC2CCCC2C1)C(=O)O. The fourth-order valence-corrected chi connectivity index (χ4v) is 4.48. The van der Waals surface area contributed by atoms with Crippen molar-refractivity contribution in [3.63, 3.8) is 0 Å². The molecule has 118 valence electrons. The van der Waals surface area contributed by atoms with Gasteiger partial charge in [-0.3, -0.25) is 9.59 Å². The van der Waals surface area contributed by atoms with Crippen molar-refractivity contribution in [3.05, 3.63) is 29.8 Å². The van der Waals surface area contributed by atoms with Gasteiger partial charge in [0, 0.05) is 18.0 Å². The van der Waals surface area contributed by atoms with Crippen LogP contribution in [0.1, 0.15) is 36.5 Å². The van der Waals surface area contributed by atoms with Crippen molar-refractivity contribution in [1.82, 2.24) is 4.90 Å². The Morgan fingerprint density at radius 2 is 1.86 bits per heavy atom. The second-order valence-electron chi connectivity index (χ2n) is 6.26. The van der Waals surface area contributed by atoms with Crippen molar-refractivity contribution in [2.45, 2.75) is 36.3 Å². The molecule has 1 heterocycles. The molecule has 1 aliphatic carbocycles. The molecule has 1 aliphatic heterocycles. The molecule has 5 heteroatoms. The number of carbonyl (C=O) groups excluding carboxylic acids is 1. The second-order valence-corrected chi connectivity index (χ2v) is 7.64. The molecule has 4 nitrogen and oxygen atoms in total. The third kappa shape index (κ3) is 3.00. The highest BCUT2D eigenvalue weighted by atomic mass is 32.2. The molecule has 22 heavy (non-hydrogen) atoms. The van der Waals surface area contributed by atoms with Gasteiger partial charge in [-0.15, -0.1) is 11.8 Å². The van der Waals surface area contributed by atoms with E-state index in [2.05, 4.69) is 0 Å². The molecule has 1 saturated carbocycles. The molecule has 0 radical (unpaired) electrons. The largest absolute Gasteiger partial charge is 0.480 e. The van der Waals surface area contributed by atoms with Gasteiger partial charge in [-0.25, -0.2) is 0 Å². The molecule has 0 spiro atoms. The smallest absolute Gasteiger partial charge is 0.316 e. The lowest BCUT2D eigenvalue weighted by molar-refractivity contribution is -0.136. The van der Waals surface area contributed by atoms with Crippen molar-refractivity contribution in [1.29, 1.82) is 0 Å². The summed E-state index contributed by atoms with van der Waals surface area (Å²) in [5, 5.41) is 8.51. The van der Waals surface area contributed by atoms with E-state index in [0.717, 1.165) is 18.0 Å². The van der Waals surface area contributed by atoms with Crippen LogP contribution < -0.4 is 0 Å². The van der Waals surface area contributed by atoms with E-state index in [1.54, 1.807) is 6.92 Å². The maximum atomic E-state index is 12.8. The first-order valence-corrected chi connectivity index (χ1v) is 8.72. The highest BCUT2D eigenvalue weighted by Crippen LogP contribution is 2.38. The first kappa shape index (κ1) is 15.4. The van der Waals surface area contributed by atoms with Crippen LogP contribution in [0.2, 0.25) is 0 Å². The van der Waals surface area contributed by atoms with Crippen molar-refractivity contribution in [2.75, 3.05) is 13.1 Å². The summed E-state index contributed by atoms with van der Waals surface area (Å²) in [5.41, 5.74) is 0.639. The summed E-state index contributed by atoms with van der Waals surface area (Å²) in [7, 11) is 0. The van der Waals surface area contributed by atoms with Crippen LogP contribution in [0.25, 0.3) is 0 Å². The number of aliphatic carboxylic acids is 1. The number of nitrogens with zero attached hydrogens (tertiary/aromatic N) is 1. The summed E-state index contributed by atoms with van der Waals surface area (Å²) < 4.78 is 0. The minimum Gasteiger partial charge on any atom is -0.480 e. The Hall–Kier alpha value is -1.49. The number of carboxylic acids is 1. The molecule has 1 N–H and O–H groups in total. The lowest BCUT2D eigenvalue weighted by atomic mass is 10.0. The van der Waals surface area contributed by atoms with E-state index in [1.165, 1.54) is 31.0 Å². The molecule has 3 rings (SSSR count). The number of thioether (sulfide) groups is 1. The summed E-state index contributed by atoms with van der Waals surface area (Å²) in [4.78, 5) is 26.6. The van der Waals surface area contributed by atoms with Gasteiger partial charge in [-0.2, -0.15) is 0 Å². The standard InChI is InChI=1S/C17H21NO3S/c1-11(17(20)21)22-15-8-3-2-7-14(15)16(19)18-9-12-5-4-6-13(12)10-18/h2-3,7-8,11-13H,4-6,9-10H2,1H3,(H,20,21). The number of fused-ring (bicyclic) bond motifs is 1. The van der Waals surface area contributed by atoms with Crippen molar-refractivity contribution < 1.29 is 14.7 Å². The molecule has 1 saturated heterocycles.